The van der Waals surface area contributed by atoms with Gasteiger partial charge in [-0.3, -0.25) is 9.59 Å². The van der Waals surface area contributed by atoms with Gasteiger partial charge in [0.25, 0.3) is 5.91 Å². The van der Waals surface area contributed by atoms with E-state index in [4.69, 9.17) is 0 Å². The van der Waals surface area contributed by atoms with Crippen molar-refractivity contribution in [1.29, 1.82) is 0 Å². The lowest BCUT2D eigenvalue weighted by atomic mass is 10.1. The third-order valence-corrected chi connectivity index (χ3v) is 5.74. The molecule has 6 heteroatoms. The molecule has 1 aliphatic heterocycles. The molecule has 2 amide bonds. The van der Waals surface area contributed by atoms with E-state index in [2.05, 4.69) is 5.32 Å². The minimum atomic E-state index is -0.267. The van der Waals surface area contributed by atoms with Gasteiger partial charge in [-0.15, -0.1) is 11.8 Å². The summed E-state index contributed by atoms with van der Waals surface area (Å²) in [4.78, 5) is 27.2. The van der Waals surface area contributed by atoms with Gasteiger partial charge in [0, 0.05) is 18.8 Å². The van der Waals surface area contributed by atoms with E-state index >= 15 is 0 Å². The molecule has 3 rings (SSSR count). The molecule has 2 aromatic rings. The fraction of sp³-hybridized carbons (Fsp3) is 0.364. The van der Waals surface area contributed by atoms with Gasteiger partial charge in [-0.2, -0.15) is 0 Å². The molecule has 0 aliphatic carbocycles. The number of likely N-dealkylation sites (tertiary alicyclic amines) is 1. The maximum Gasteiger partial charge on any atom is 0.255 e. The number of hydrogen-bond acceptors (Lipinski definition) is 3. The summed E-state index contributed by atoms with van der Waals surface area (Å²) < 4.78 is 12.9. The van der Waals surface area contributed by atoms with E-state index < -0.39 is 0 Å². The van der Waals surface area contributed by atoms with Crippen LogP contribution in [0, 0.1) is 5.82 Å². The van der Waals surface area contributed by atoms with Gasteiger partial charge in [-0.1, -0.05) is 37.1 Å². The minimum Gasteiger partial charge on any atom is -0.339 e. The number of carbonyl (C=O) groups excluding carboxylic acids is 2. The van der Waals surface area contributed by atoms with Crippen LogP contribution in [0.2, 0.25) is 0 Å². The summed E-state index contributed by atoms with van der Waals surface area (Å²) in [5, 5.41) is 2.87. The minimum absolute atomic E-state index is 0.0169. The van der Waals surface area contributed by atoms with E-state index in [0.717, 1.165) is 44.3 Å². The third kappa shape index (κ3) is 5.83. The average Bonchev–Trinajstić information content (AvgIpc) is 2.99. The van der Waals surface area contributed by atoms with Gasteiger partial charge in [0.05, 0.1) is 17.0 Å². The molecule has 0 spiro atoms. The van der Waals surface area contributed by atoms with Crippen LogP contribution in [-0.4, -0.2) is 35.6 Å². The van der Waals surface area contributed by atoms with E-state index in [1.54, 1.807) is 24.3 Å². The SMILES string of the molecule is O=C(CSCc1ccc(F)cc1)Nc1ccccc1C(=O)N1CCCCCC1. The van der Waals surface area contributed by atoms with Crippen LogP contribution in [0.3, 0.4) is 0 Å². The number of nitrogens with one attached hydrogen (secondary N) is 1. The first kappa shape index (κ1) is 20.4. The molecule has 0 atom stereocenters. The van der Waals surface area contributed by atoms with Gasteiger partial charge >= 0.3 is 0 Å². The largest absolute Gasteiger partial charge is 0.339 e. The number of hydrogen-bond donors (Lipinski definition) is 1. The van der Waals surface area contributed by atoms with Gasteiger partial charge < -0.3 is 10.2 Å². The molecule has 0 aromatic heterocycles. The van der Waals surface area contributed by atoms with E-state index in [-0.39, 0.29) is 23.4 Å². The third-order valence-electron chi connectivity index (χ3n) is 4.74. The number of para-hydroxylation sites is 1. The predicted molar refractivity (Wildman–Crippen MR) is 112 cm³/mol. The number of carbonyl (C=O) groups is 2. The number of halogens is 1. The molecule has 148 valence electrons. The maximum atomic E-state index is 12.9. The molecule has 1 saturated heterocycles. The average molecular weight is 401 g/mol. The first-order chi connectivity index (χ1) is 13.6. The first-order valence-corrected chi connectivity index (χ1v) is 10.8. The topological polar surface area (TPSA) is 49.4 Å². The van der Waals surface area contributed by atoms with E-state index in [1.165, 1.54) is 23.9 Å². The molecule has 2 aromatic carbocycles. The molecular formula is C22H25FN2O2S. The van der Waals surface area contributed by atoms with Crippen LogP contribution in [0.1, 0.15) is 41.6 Å². The van der Waals surface area contributed by atoms with Crippen LogP contribution in [-0.2, 0) is 10.5 Å². The van der Waals surface area contributed by atoms with Crippen molar-refractivity contribution in [2.75, 3.05) is 24.2 Å². The Morgan fingerprint density at radius 2 is 1.64 bits per heavy atom. The number of thioether (sulfide) groups is 1. The summed E-state index contributed by atoms with van der Waals surface area (Å²) in [6, 6.07) is 13.5. The Labute approximate surface area is 169 Å². The highest BCUT2D eigenvalue weighted by Crippen LogP contribution is 2.21. The van der Waals surface area contributed by atoms with E-state index in [1.807, 2.05) is 17.0 Å². The zero-order valence-electron chi connectivity index (χ0n) is 15.8. The molecule has 0 unspecified atom stereocenters. The normalized spacial score (nSPS) is 14.4. The lowest BCUT2D eigenvalue weighted by Gasteiger charge is -2.22. The van der Waals surface area contributed by atoms with Gasteiger partial charge in [0.1, 0.15) is 5.82 Å². The molecule has 0 bridgehead atoms. The molecule has 1 aliphatic rings. The van der Waals surface area contributed by atoms with E-state index in [0.29, 0.717) is 17.0 Å². The predicted octanol–water partition coefficient (Wildman–Crippen LogP) is 4.71. The fourth-order valence-electron chi connectivity index (χ4n) is 3.25. The first-order valence-electron chi connectivity index (χ1n) is 9.64. The number of amides is 2. The summed E-state index contributed by atoms with van der Waals surface area (Å²) in [7, 11) is 0. The van der Waals surface area contributed by atoms with E-state index in [9.17, 15) is 14.0 Å². The molecule has 4 nitrogen and oxygen atoms in total. The van der Waals surface area contributed by atoms with Crippen molar-refractivity contribution in [3.05, 3.63) is 65.5 Å². The highest BCUT2D eigenvalue weighted by atomic mass is 32.2. The number of rotatable bonds is 6. The molecule has 0 saturated carbocycles. The van der Waals surface area contributed by atoms with Crippen LogP contribution in [0.25, 0.3) is 0 Å². The standard InChI is InChI=1S/C22H25FN2O2S/c23-18-11-9-17(10-12-18)15-28-16-21(26)24-20-8-4-3-7-19(20)22(27)25-13-5-1-2-6-14-25/h3-4,7-12H,1-2,5-6,13-16H2,(H,24,26). The summed E-state index contributed by atoms with van der Waals surface area (Å²) >= 11 is 1.45. The number of benzene rings is 2. The monoisotopic (exact) mass is 400 g/mol. The van der Waals surface area contributed by atoms with Crippen molar-refractivity contribution in [3.63, 3.8) is 0 Å². The molecule has 0 radical (unpaired) electrons. The Balaban J connectivity index is 1.56. The van der Waals surface area contributed by atoms with Crippen molar-refractivity contribution in [1.82, 2.24) is 4.90 Å². The summed E-state index contributed by atoms with van der Waals surface area (Å²) in [6.45, 7) is 1.54. The fourth-order valence-corrected chi connectivity index (χ4v) is 4.04. The Morgan fingerprint density at radius 3 is 2.36 bits per heavy atom. The lowest BCUT2D eigenvalue weighted by molar-refractivity contribution is -0.113. The lowest BCUT2D eigenvalue weighted by Crippen LogP contribution is -2.32. The van der Waals surface area contributed by atoms with Crippen LogP contribution in [0.4, 0.5) is 10.1 Å². The molecule has 28 heavy (non-hydrogen) atoms. The van der Waals surface area contributed by atoms with Gasteiger partial charge in [-0.05, 0) is 42.7 Å². The van der Waals surface area contributed by atoms with Gasteiger partial charge in [-0.25, -0.2) is 4.39 Å². The zero-order valence-corrected chi connectivity index (χ0v) is 16.6. The second-order valence-corrected chi connectivity index (χ2v) is 7.91. The van der Waals surface area contributed by atoms with Crippen LogP contribution in [0.5, 0.6) is 0 Å². The second-order valence-electron chi connectivity index (χ2n) is 6.92. The van der Waals surface area contributed by atoms with Crippen LogP contribution in [0.15, 0.2) is 48.5 Å². The van der Waals surface area contributed by atoms with Crippen molar-refractivity contribution in [2.45, 2.75) is 31.4 Å². The molecule has 1 N–H and O–H groups in total. The molecule has 1 fully saturated rings. The smallest absolute Gasteiger partial charge is 0.255 e. The molecular weight excluding hydrogens is 375 g/mol. The highest BCUT2D eigenvalue weighted by molar-refractivity contribution is 7.99. The Morgan fingerprint density at radius 1 is 0.964 bits per heavy atom. The Bertz CT molecular complexity index is 802. The van der Waals surface area contributed by atoms with Crippen molar-refractivity contribution in [2.24, 2.45) is 0 Å². The molecule has 1 heterocycles. The van der Waals surface area contributed by atoms with Crippen molar-refractivity contribution >= 4 is 29.3 Å². The number of anilines is 1. The van der Waals surface area contributed by atoms with Crippen LogP contribution >= 0.6 is 11.8 Å². The van der Waals surface area contributed by atoms with Crippen molar-refractivity contribution in [3.8, 4) is 0 Å². The van der Waals surface area contributed by atoms with Gasteiger partial charge in [0.15, 0.2) is 0 Å². The Kier molecular flexibility index (Phi) is 7.48. The van der Waals surface area contributed by atoms with Gasteiger partial charge in [0.2, 0.25) is 5.91 Å². The van der Waals surface area contributed by atoms with Crippen molar-refractivity contribution < 1.29 is 14.0 Å². The second kappa shape index (κ2) is 10.3. The van der Waals surface area contributed by atoms with Crippen LogP contribution < -0.4 is 5.32 Å². The summed E-state index contributed by atoms with van der Waals surface area (Å²) in [5.41, 5.74) is 2.07. The summed E-state index contributed by atoms with van der Waals surface area (Å²) in [5.74, 6) is 0.461. The number of nitrogens with zero attached hydrogens (tertiary/aromatic N) is 1. The zero-order chi connectivity index (χ0) is 19.8. The maximum absolute atomic E-state index is 12.9. The highest BCUT2D eigenvalue weighted by Gasteiger charge is 2.20. The quantitative estimate of drug-likeness (QED) is 0.764. The Hall–Kier alpha value is -2.34. The summed E-state index contributed by atoms with van der Waals surface area (Å²) in [6.07, 6.45) is 4.38.